The zero-order chi connectivity index (χ0) is 11.2. The van der Waals surface area contributed by atoms with E-state index in [9.17, 15) is 0 Å². The monoisotopic (exact) mass is 196 g/mol. The van der Waals surface area contributed by atoms with Gasteiger partial charge in [0.25, 0.3) is 0 Å². The predicted molar refractivity (Wildman–Crippen MR) is 63.3 cm³/mol. The standard InChI is InChI=1S/C12H24N2/c1-7-9-11(13-10-8-2)12(3,4)14(5)6/h1,11,13H,8-10H2,2-6H3. The molecule has 0 heterocycles. The second-order valence-electron chi connectivity index (χ2n) is 4.46. The summed E-state index contributed by atoms with van der Waals surface area (Å²) < 4.78 is 0. The molecule has 0 saturated heterocycles. The van der Waals surface area contributed by atoms with E-state index >= 15 is 0 Å². The van der Waals surface area contributed by atoms with Gasteiger partial charge in [0.15, 0.2) is 0 Å². The maximum absolute atomic E-state index is 5.39. The van der Waals surface area contributed by atoms with Crippen LogP contribution in [0.1, 0.15) is 33.6 Å². The minimum Gasteiger partial charge on any atom is -0.311 e. The first-order valence-corrected chi connectivity index (χ1v) is 5.31. The van der Waals surface area contributed by atoms with E-state index in [0.29, 0.717) is 6.04 Å². The SMILES string of the molecule is C#CCC(NCCC)C(C)(C)N(C)C. The van der Waals surface area contributed by atoms with Gasteiger partial charge < -0.3 is 10.2 Å². The Kier molecular flexibility index (Phi) is 5.83. The highest BCUT2D eigenvalue weighted by Crippen LogP contribution is 2.18. The number of terminal acetylenes is 1. The van der Waals surface area contributed by atoms with Crippen molar-refractivity contribution in [2.45, 2.75) is 45.2 Å². The zero-order valence-electron chi connectivity index (χ0n) is 10.2. The maximum Gasteiger partial charge on any atom is 0.0356 e. The van der Waals surface area contributed by atoms with E-state index in [1.807, 2.05) is 0 Å². The Hall–Kier alpha value is -0.520. The van der Waals surface area contributed by atoms with Crippen molar-refractivity contribution in [1.82, 2.24) is 10.2 Å². The smallest absolute Gasteiger partial charge is 0.0356 e. The molecule has 0 rings (SSSR count). The summed E-state index contributed by atoms with van der Waals surface area (Å²) in [5, 5.41) is 3.51. The molecule has 0 aromatic carbocycles. The van der Waals surface area contributed by atoms with Crippen molar-refractivity contribution in [3.8, 4) is 12.3 Å². The van der Waals surface area contributed by atoms with Crippen LogP contribution in [-0.2, 0) is 0 Å². The predicted octanol–water partition coefficient (Wildman–Crippen LogP) is 1.72. The summed E-state index contributed by atoms with van der Waals surface area (Å²) in [5.41, 5.74) is 0.0988. The molecule has 82 valence electrons. The minimum absolute atomic E-state index is 0.0988. The van der Waals surface area contributed by atoms with E-state index in [0.717, 1.165) is 19.4 Å². The molecular weight excluding hydrogens is 172 g/mol. The summed E-state index contributed by atoms with van der Waals surface area (Å²) >= 11 is 0. The van der Waals surface area contributed by atoms with Crippen molar-refractivity contribution in [1.29, 1.82) is 0 Å². The molecule has 0 aliphatic carbocycles. The van der Waals surface area contributed by atoms with Gasteiger partial charge in [-0.25, -0.2) is 0 Å². The van der Waals surface area contributed by atoms with Crippen LogP contribution in [0.15, 0.2) is 0 Å². The van der Waals surface area contributed by atoms with Gasteiger partial charge in [0.05, 0.1) is 0 Å². The average molecular weight is 196 g/mol. The van der Waals surface area contributed by atoms with E-state index in [1.165, 1.54) is 0 Å². The van der Waals surface area contributed by atoms with Crippen LogP contribution in [0.2, 0.25) is 0 Å². The van der Waals surface area contributed by atoms with Crippen LogP contribution in [0.25, 0.3) is 0 Å². The Morgan fingerprint density at radius 1 is 1.43 bits per heavy atom. The maximum atomic E-state index is 5.39. The van der Waals surface area contributed by atoms with E-state index in [1.54, 1.807) is 0 Å². The van der Waals surface area contributed by atoms with E-state index in [-0.39, 0.29) is 5.54 Å². The molecule has 1 unspecified atom stereocenters. The second-order valence-corrected chi connectivity index (χ2v) is 4.46. The molecule has 0 aliphatic heterocycles. The Morgan fingerprint density at radius 3 is 2.36 bits per heavy atom. The molecule has 14 heavy (non-hydrogen) atoms. The molecule has 0 aliphatic rings. The molecule has 1 atom stereocenters. The van der Waals surface area contributed by atoms with Crippen LogP contribution in [0.3, 0.4) is 0 Å². The van der Waals surface area contributed by atoms with Crippen LogP contribution < -0.4 is 5.32 Å². The highest BCUT2D eigenvalue weighted by molar-refractivity contribution is 4.99. The fraction of sp³-hybridized carbons (Fsp3) is 0.833. The van der Waals surface area contributed by atoms with Gasteiger partial charge in [-0.1, -0.05) is 6.92 Å². The first kappa shape index (κ1) is 13.5. The van der Waals surface area contributed by atoms with Crippen LogP contribution in [0, 0.1) is 12.3 Å². The molecule has 2 nitrogen and oxygen atoms in total. The van der Waals surface area contributed by atoms with Gasteiger partial charge in [0, 0.05) is 18.0 Å². The molecule has 0 fully saturated rings. The summed E-state index contributed by atoms with van der Waals surface area (Å²) in [6.45, 7) is 7.64. The molecule has 2 heteroatoms. The van der Waals surface area contributed by atoms with Crippen molar-refractivity contribution < 1.29 is 0 Å². The number of nitrogens with one attached hydrogen (secondary N) is 1. The lowest BCUT2D eigenvalue weighted by Gasteiger charge is -2.40. The lowest BCUT2D eigenvalue weighted by atomic mass is 9.90. The highest BCUT2D eigenvalue weighted by Gasteiger charge is 2.30. The number of hydrogen-bond acceptors (Lipinski definition) is 2. The lowest BCUT2D eigenvalue weighted by molar-refractivity contribution is 0.139. The molecule has 0 saturated carbocycles. The van der Waals surface area contributed by atoms with Gasteiger partial charge in [-0.05, 0) is 40.9 Å². The Labute approximate surface area is 89.1 Å². The third kappa shape index (κ3) is 3.69. The fourth-order valence-electron chi connectivity index (χ4n) is 1.32. The number of likely N-dealkylation sites (N-methyl/N-ethyl adjacent to an activating group) is 1. The van der Waals surface area contributed by atoms with Crippen molar-refractivity contribution in [2.24, 2.45) is 0 Å². The van der Waals surface area contributed by atoms with Crippen molar-refractivity contribution in [2.75, 3.05) is 20.6 Å². The van der Waals surface area contributed by atoms with Gasteiger partial charge in [-0.3, -0.25) is 0 Å². The first-order chi connectivity index (χ1) is 6.46. The molecule has 1 N–H and O–H groups in total. The van der Waals surface area contributed by atoms with Gasteiger partial charge >= 0.3 is 0 Å². The third-order valence-electron chi connectivity index (χ3n) is 2.97. The summed E-state index contributed by atoms with van der Waals surface area (Å²) in [6, 6.07) is 0.363. The summed E-state index contributed by atoms with van der Waals surface area (Å²) in [7, 11) is 4.19. The minimum atomic E-state index is 0.0988. The average Bonchev–Trinajstić information content (AvgIpc) is 2.11. The quantitative estimate of drug-likeness (QED) is 0.651. The summed E-state index contributed by atoms with van der Waals surface area (Å²) in [4.78, 5) is 2.22. The Bertz CT molecular complexity index is 189. The van der Waals surface area contributed by atoms with E-state index in [2.05, 4.69) is 51.0 Å². The number of nitrogens with zero attached hydrogens (tertiary/aromatic N) is 1. The Balaban J connectivity index is 4.39. The van der Waals surface area contributed by atoms with Crippen LogP contribution >= 0.6 is 0 Å². The molecule has 0 aromatic rings. The Morgan fingerprint density at radius 2 is 2.00 bits per heavy atom. The van der Waals surface area contributed by atoms with E-state index in [4.69, 9.17) is 6.42 Å². The van der Waals surface area contributed by atoms with Crippen LogP contribution in [0.4, 0.5) is 0 Å². The summed E-state index contributed by atoms with van der Waals surface area (Å²) in [6.07, 6.45) is 7.32. The van der Waals surface area contributed by atoms with Gasteiger partial charge in [-0.2, -0.15) is 0 Å². The van der Waals surface area contributed by atoms with Gasteiger partial charge in [0.1, 0.15) is 0 Å². The highest BCUT2D eigenvalue weighted by atomic mass is 15.2. The molecular formula is C12H24N2. The van der Waals surface area contributed by atoms with Gasteiger partial charge in [0.2, 0.25) is 0 Å². The van der Waals surface area contributed by atoms with Crippen LogP contribution in [0.5, 0.6) is 0 Å². The van der Waals surface area contributed by atoms with Crippen molar-refractivity contribution in [3.05, 3.63) is 0 Å². The summed E-state index contributed by atoms with van der Waals surface area (Å²) in [5.74, 6) is 2.75. The molecule has 0 bridgehead atoms. The van der Waals surface area contributed by atoms with Gasteiger partial charge in [-0.15, -0.1) is 12.3 Å². The largest absolute Gasteiger partial charge is 0.311 e. The van der Waals surface area contributed by atoms with Crippen LogP contribution in [-0.4, -0.2) is 37.1 Å². The number of rotatable bonds is 6. The second kappa shape index (κ2) is 6.06. The molecule has 0 aromatic heterocycles. The fourth-order valence-corrected chi connectivity index (χ4v) is 1.32. The first-order valence-electron chi connectivity index (χ1n) is 5.31. The number of hydrogen-bond donors (Lipinski definition) is 1. The zero-order valence-corrected chi connectivity index (χ0v) is 10.2. The molecule has 0 spiro atoms. The lowest BCUT2D eigenvalue weighted by Crippen LogP contribution is -2.55. The normalized spacial score (nSPS) is 14.1. The third-order valence-corrected chi connectivity index (χ3v) is 2.97. The molecule has 0 radical (unpaired) electrons. The van der Waals surface area contributed by atoms with Crippen molar-refractivity contribution in [3.63, 3.8) is 0 Å². The van der Waals surface area contributed by atoms with E-state index < -0.39 is 0 Å². The molecule has 0 amide bonds. The topological polar surface area (TPSA) is 15.3 Å². The van der Waals surface area contributed by atoms with Crippen molar-refractivity contribution >= 4 is 0 Å².